The van der Waals surface area contributed by atoms with Crippen LogP contribution in [0, 0.1) is 0 Å². The molecule has 2 heteroatoms. The van der Waals surface area contributed by atoms with Gasteiger partial charge in [-0.25, -0.2) is 0 Å². The first-order valence-electron chi connectivity index (χ1n) is 4.80. The van der Waals surface area contributed by atoms with Crippen LogP contribution in [-0.2, 0) is 11.2 Å². The normalized spacial score (nSPS) is 9.40. The Morgan fingerprint density at radius 1 is 1.33 bits per heavy atom. The third-order valence-electron chi connectivity index (χ3n) is 1.99. The second-order valence-electron chi connectivity index (χ2n) is 3.17. The molecule has 0 saturated carbocycles. The molecule has 0 atom stereocenters. The van der Waals surface area contributed by atoms with Crippen LogP contribution in [-0.4, -0.2) is 13.7 Å². The molecule has 1 aromatic rings. The number of benzene rings is 1. The summed E-state index contributed by atoms with van der Waals surface area (Å²) < 4.78 is 10.3. The molecule has 0 radical (unpaired) electrons. The molecule has 0 N–H and O–H groups in total. The van der Waals surface area contributed by atoms with Gasteiger partial charge < -0.3 is 9.47 Å². The Morgan fingerprint density at radius 2 is 2.00 bits per heavy atom. The highest BCUT2D eigenvalue weighted by atomic mass is 16.5. The Hall–Kier alpha value is -1.70. The van der Waals surface area contributed by atoms with Crippen LogP contribution in [0.2, 0.25) is 0 Å². The monoisotopic (exact) mass is 204 g/mol. The van der Waals surface area contributed by atoms with E-state index in [9.17, 15) is 0 Å². The topological polar surface area (TPSA) is 18.5 Å². The minimum atomic E-state index is 0.386. The number of methoxy groups -OCH3 is 1. The highest BCUT2D eigenvalue weighted by Crippen LogP contribution is 2.13. The van der Waals surface area contributed by atoms with Gasteiger partial charge in [0, 0.05) is 0 Å². The second kappa shape index (κ2) is 5.91. The molecule has 0 unspecified atom stereocenters. The lowest BCUT2D eigenvalue weighted by Gasteiger charge is -2.07. The van der Waals surface area contributed by atoms with Crippen LogP contribution in [0.4, 0.5) is 0 Å². The zero-order chi connectivity index (χ0) is 11.1. The molecule has 0 aliphatic rings. The fourth-order valence-electron chi connectivity index (χ4n) is 1.11. The van der Waals surface area contributed by atoms with Gasteiger partial charge in [-0.2, -0.15) is 0 Å². The van der Waals surface area contributed by atoms with E-state index in [2.05, 4.69) is 13.2 Å². The molecular weight excluding hydrogens is 188 g/mol. The summed E-state index contributed by atoms with van der Waals surface area (Å²) in [6.45, 7) is 7.75. The van der Waals surface area contributed by atoms with E-state index in [0.717, 1.165) is 12.2 Å². The van der Waals surface area contributed by atoms with Gasteiger partial charge in [-0.1, -0.05) is 24.8 Å². The van der Waals surface area contributed by atoms with Crippen molar-refractivity contribution in [3.8, 4) is 5.75 Å². The van der Waals surface area contributed by atoms with E-state index in [-0.39, 0.29) is 0 Å². The number of hydrogen-bond donors (Lipinski definition) is 0. The van der Waals surface area contributed by atoms with Crippen molar-refractivity contribution >= 4 is 0 Å². The van der Waals surface area contributed by atoms with Gasteiger partial charge in [0.25, 0.3) is 0 Å². The molecule has 0 bridgehead atoms. The first-order valence-corrected chi connectivity index (χ1v) is 4.80. The number of hydrogen-bond acceptors (Lipinski definition) is 2. The van der Waals surface area contributed by atoms with Crippen molar-refractivity contribution in [3.05, 3.63) is 54.8 Å². The lowest BCUT2D eigenvalue weighted by atomic mass is 10.1. The maximum Gasteiger partial charge on any atom is 0.145 e. The molecule has 80 valence electrons. The van der Waals surface area contributed by atoms with Crippen molar-refractivity contribution in [1.82, 2.24) is 0 Å². The summed E-state index contributed by atoms with van der Waals surface area (Å²) in [5, 5.41) is 0. The van der Waals surface area contributed by atoms with Crippen molar-refractivity contribution in [2.24, 2.45) is 0 Å². The number of allylic oxidation sites excluding steroid dienone is 1. The maximum atomic E-state index is 5.44. The van der Waals surface area contributed by atoms with Crippen LogP contribution in [0.25, 0.3) is 0 Å². The summed E-state index contributed by atoms with van der Waals surface area (Å²) in [5.74, 6) is 1.44. The van der Waals surface area contributed by atoms with Gasteiger partial charge in [-0.05, 0) is 24.1 Å². The van der Waals surface area contributed by atoms with E-state index in [1.807, 2.05) is 30.3 Å². The minimum Gasteiger partial charge on any atom is -0.498 e. The van der Waals surface area contributed by atoms with Crippen molar-refractivity contribution in [1.29, 1.82) is 0 Å². The van der Waals surface area contributed by atoms with Gasteiger partial charge in [0.05, 0.1) is 7.11 Å². The van der Waals surface area contributed by atoms with Crippen molar-refractivity contribution in [3.63, 3.8) is 0 Å². The van der Waals surface area contributed by atoms with Crippen molar-refractivity contribution in [2.45, 2.75) is 6.42 Å². The zero-order valence-electron chi connectivity index (χ0n) is 9.03. The van der Waals surface area contributed by atoms with Gasteiger partial charge in [0.1, 0.15) is 18.1 Å². The molecule has 15 heavy (non-hydrogen) atoms. The molecule has 0 aliphatic heterocycles. The summed E-state index contributed by atoms with van der Waals surface area (Å²) in [4.78, 5) is 0. The van der Waals surface area contributed by atoms with Crippen molar-refractivity contribution in [2.75, 3.05) is 13.7 Å². The molecule has 0 aliphatic carbocycles. The Bertz CT molecular complexity index is 325. The molecule has 2 nitrogen and oxygen atoms in total. The SMILES string of the molecule is C=CCc1ccc(OCC(=C)OC)cc1. The van der Waals surface area contributed by atoms with Gasteiger partial charge >= 0.3 is 0 Å². The maximum absolute atomic E-state index is 5.44. The summed E-state index contributed by atoms with van der Waals surface area (Å²) >= 11 is 0. The molecule has 1 aromatic carbocycles. The third kappa shape index (κ3) is 3.90. The molecule has 0 fully saturated rings. The molecule has 0 spiro atoms. The lowest BCUT2D eigenvalue weighted by Crippen LogP contribution is -2.01. The van der Waals surface area contributed by atoms with Crippen LogP contribution in [0.5, 0.6) is 5.75 Å². The summed E-state index contributed by atoms with van der Waals surface area (Å²) in [6.07, 6.45) is 2.76. The predicted molar refractivity (Wildman–Crippen MR) is 62.0 cm³/mol. The van der Waals surface area contributed by atoms with Gasteiger partial charge in [-0.3, -0.25) is 0 Å². The molecule has 0 aromatic heterocycles. The fraction of sp³-hybridized carbons (Fsp3) is 0.231. The molecule has 0 heterocycles. The fourth-order valence-corrected chi connectivity index (χ4v) is 1.11. The second-order valence-corrected chi connectivity index (χ2v) is 3.17. The highest BCUT2D eigenvalue weighted by molar-refractivity contribution is 5.28. The Balaban J connectivity index is 2.49. The lowest BCUT2D eigenvalue weighted by molar-refractivity contribution is 0.221. The van der Waals surface area contributed by atoms with Crippen LogP contribution in [0.1, 0.15) is 5.56 Å². The first kappa shape index (κ1) is 11.4. The number of rotatable bonds is 6. The molecular formula is C13H16O2. The molecule has 0 saturated heterocycles. The van der Waals surface area contributed by atoms with Crippen LogP contribution < -0.4 is 4.74 Å². The minimum absolute atomic E-state index is 0.386. The summed E-state index contributed by atoms with van der Waals surface area (Å²) in [5.41, 5.74) is 1.22. The van der Waals surface area contributed by atoms with E-state index < -0.39 is 0 Å². The smallest absolute Gasteiger partial charge is 0.145 e. The zero-order valence-corrected chi connectivity index (χ0v) is 9.03. The number of ether oxygens (including phenoxy) is 2. The van der Waals surface area contributed by atoms with Gasteiger partial charge in [-0.15, -0.1) is 6.58 Å². The van der Waals surface area contributed by atoms with Crippen molar-refractivity contribution < 1.29 is 9.47 Å². The highest BCUT2D eigenvalue weighted by Gasteiger charge is 1.96. The van der Waals surface area contributed by atoms with E-state index in [4.69, 9.17) is 9.47 Å². The molecule has 0 amide bonds. The van der Waals surface area contributed by atoms with E-state index in [1.165, 1.54) is 5.56 Å². The largest absolute Gasteiger partial charge is 0.498 e. The standard InChI is InChI=1S/C13H16O2/c1-4-5-12-6-8-13(9-7-12)15-10-11(2)14-3/h4,6-9H,1-2,5,10H2,3H3. The quantitative estimate of drug-likeness (QED) is 0.524. The van der Waals surface area contributed by atoms with E-state index >= 15 is 0 Å². The van der Waals surface area contributed by atoms with Crippen LogP contribution in [0.15, 0.2) is 49.3 Å². The molecule has 1 rings (SSSR count). The average molecular weight is 204 g/mol. The summed E-state index contributed by atoms with van der Waals surface area (Å²) in [6, 6.07) is 7.91. The third-order valence-corrected chi connectivity index (χ3v) is 1.99. The van der Waals surface area contributed by atoms with Gasteiger partial charge in [0.15, 0.2) is 0 Å². The van der Waals surface area contributed by atoms with E-state index in [0.29, 0.717) is 12.4 Å². The Labute approximate surface area is 90.8 Å². The summed E-state index contributed by atoms with van der Waals surface area (Å²) in [7, 11) is 1.58. The average Bonchev–Trinajstić information content (AvgIpc) is 2.28. The first-order chi connectivity index (χ1) is 7.26. The Kier molecular flexibility index (Phi) is 4.48. The van der Waals surface area contributed by atoms with Crippen LogP contribution in [0.3, 0.4) is 0 Å². The van der Waals surface area contributed by atoms with E-state index in [1.54, 1.807) is 7.11 Å². The predicted octanol–water partition coefficient (Wildman–Crippen LogP) is 2.95. The van der Waals surface area contributed by atoms with Gasteiger partial charge in [0.2, 0.25) is 0 Å². The van der Waals surface area contributed by atoms with Crippen LogP contribution >= 0.6 is 0 Å². The Morgan fingerprint density at radius 3 is 2.53 bits per heavy atom.